The Labute approximate surface area is 115 Å². The van der Waals surface area contributed by atoms with Crippen molar-refractivity contribution in [1.82, 2.24) is 10.3 Å². The van der Waals surface area contributed by atoms with Crippen molar-refractivity contribution in [1.29, 1.82) is 0 Å². The Balaban J connectivity index is 2.44. The number of likely N-dealkylation sites (N-methyl/N-ethyl adjacent to an activating group) is 1. The zero-order valence-electron chi connectivity index (χ0n) is 12.2. The number of aromatic nitrogens is 1. The van der Waals surface area contributed by atoms with Gasteiger partial charge in [0.1, 0.15) is 0 Å². The molecule has 1 rings (SSSR count). The normalized spacial score (nSPS) is 10.5. The molecule has 0 saturated carbocycles. The number of hydrogen-bond acceptors (Lipinski definition) is 5. The van der Waals surface area contributed by atoms with E-state index < -0.39 is 0 Å². The number of ether oxygens (including phenoxy) is 2. The van der Waals surface area contributed by atoms with Gasteiger partial charge in [0.15, 0.2) is 11.6 Å². The van der Waals surface area contributed by atoms with Gasteiger partial charge in [-0.25, -0.2) is 4.98 Å². The minimum Gasteiger partial charge on any atom is -0.490 e. The fourth-order valence-electron chi connectivity index (χ4n) is 1.65. The van der Waals surface area contributed by atoms with Crippen molar-refractivity contribution in [3.8, 4) is 5.75 Å². The third kappa shape index (κ3) is 5.89. The maximum absolute atomic E-state index is 5.71. The fraction of sp³-hybridized carbons (Fsp3) is 0.643. The lowest BCUT2D eigenvalue weighted by molar-refractivity contribution is 0.200. The van der Waals surface area contributed by atoms with Crippen LogP contribution in [0.25, 0.3) is 0 Å². The zero-order chi connectivity index (χ0) is 13.9. The van der Waals surface area contributed by atoms with Crippen LogP contribution < -0.4 is 15.0 Å². The highest BCUT2D eigenvalue weighted by Crippen LogP contribution is 2.23. The summed E-state index contributed by atoms with van der Waals surface area (Å²) >= 11 is 0. The van der Waals surface area contributed by atoms with Crippen molar-refractivity contribution in [2.75, 3.05) is 51.9 Å². The SMILES string of the molecule is CCCOc1cccnc1N(C)CCNCCOC. The van der Waals surface area contributed by atoms with E-state index in [4.69, 9.17) is 9.47 Å². The van der Waals surface area contributed by atoms with Crippen molar-refractivity contribution < 1.29 is 9.47 Å². The molecule has 0 spiro atoms. The van der Waals surface area contributed by atoms with E-state index in [-0.39, 0.29) is 0 Å². The Hall–Kier alpha value is -1.33. The number of anilines is 1. The maximum atomic E-state index is 5.71. The third-order valence-corrected chi connectivity index (χ3v) is 2.68. The molecule has 1 aromatic heterocycles. The Bertz CT molecular complexity index is 347. The van der Waals surface area contributed by atoms with E-state index in [1.807, 2.05) is 19.2 Å². The Morgan fingerprint density at radius 3 is 2.89 bits per heavy atom. The second-order valence-electron chi connectivity index (χ2n) is 4.34. The molecule has 0 aliphatic heterocycles. The summed E-state index contributed by atoms with van der Waals surface area (Å²) in [6, 6.07) is 3.87. The maximum Gasteiger partial charge on any atom is 0.171 e. The lowest BCUT2D eigenvalue weighted by Crippen LogP contribution is -2.31. The first-order chi connectivity index (χ1) is 9.29. The van der Waals surface area contributed by atoms with Gasteiger partial charge < -0.3 is 19.7 Å². The van der Waals surface area contributed by atoms with Gasteiger partial charge in [-0.1, -0.05) is 6.92 Å². The molecule has 0 saturated heterocycles. The number of hydrogen-bond donors (Lipinski definition) is 1. The van der Waals surface area contributed by atoms with Crippen LogP contribution in [0.4, 0.5) is 5.82 Å². The highest BCUT2D eigenvalue weighted by atomic mass is 16.5. The van der Waals surface area contributed by atoms with Crippen LogP contribution in [0.15, 0.2) is 18.3 Å². The topological polar surface area (TPSA) is 46.6 Å². The van der Waals surface area contributed by atoms with Gasteiger partial charge in [0, 0.05) is 40.0 Å². The van der Waals surface area contributed by atoms with E-state index in [0.717, 1.165) is 50.8 Å². The average molecular weight is 267 g/mol. The lowest BCUT2D eigenvalue weighted by atomic mass is 10.4. The van der Waals surface area contributed by atoms with Gasteiger partial charge in [0.2, 0.25) is 0 Å². The van der Waals surface area contributed by atoms with Crippen LogP contribution in [0.5, 0.6) is 5.75 Å². The molecule has 0 radical (unpaired) electrons. The Morgan fingerprint density at radius 2 is 2.16 bits per heavy atom. The highest BCUT2D eigenvalue weighted by Gasteiger charge is 2.09. The smallest absolute Gasteiger partial charge is 0.171 e. The summed E-state index contributed by atoms with van der Waals surface area (Å²) in [6.45, 7) is 6.19. The highest BCUT2D eigenvalue weighted by molar-refractivity contribution is 5.51. The molecule has 1 heterocycles. The van der Waals surface area contributed by atoms with Gasteiger partial charge in [0.25, 0.3) is 0 Å². The lowest BCUT2D eigenvalue weighted by Gasteiger charge is -2.21. The van der Waals surface area contributed by atoms with E-state index in [0.29, 0.717) is 0 Å². The molecule has 0 aliphatic rings. The van der Waals surface area contributed by atoms with Gasteiger partial charge in [-0.2, -0.15) is 0 Å². The summed E-state index contributed by atoms with van der Waals surface area (Å²) in [5.41, 5.74) is 0. The molecule has 0 unspecified atom stereocenters. The van der Waals surface area contributed by atoms with E-state index >= 15 is 0 Å². The van der Waals surface area contributed by atoms with Gasteiger partial charge in [-0.15, -0.1) is 0 Å². The molecule has 5 nitrogen and oxygen atoms in total. The molecule has 19 heavy (non-hydrogen) atoms. The number of rotatable bonds is 10. The molecule has 5 heteroatoms. The first-order valence-corrected chi connectivity index (χ1v) is 6.78. The molecule has 0 aliphatic carbocycles. The van der Waals surface area contributed by atoms with Gasteiger partial charge in [-0.05, 0) is 18.6 Å². The predicted molar refractivity (Wildman–Crippen MR) is 78.0 cm³/mol. The van der Waals surface area contributed by atoms with Crippen LogP contribution in [0, 0.1) is 0 Å². The van der Waals surface area contributed by atoms with Gasteiger partial charge >= 0.3 is 0 Å². The Kier molecular flexibility index (Phi) is 7.93. The monoisotopic (exact) mass is 267 g/mol. The summed E-state index contributed by atoms with van der Waals surface area (Å²) in [6.07, 6.45) is 2.79. The molecule has 0 aromatic carbocycles. The molecular formula is C14H25N3O2. The third-order valence-electron chi connectivity index (χ3n) is 2.68. The first-order valence-electron chi connectivity index (χ1n) is 6.78. The summed E-state index contributed by atoms with van der Waals surface area (Å²) < 4.78 is 10.7. The van der Waals surface area contributed by atoms with Crippen molar-refractivity contribution in [2.45, 2.75) is 13.3 Å². The molecule has 1 N–H and O–H groups in total. The molecule has 0 fully saturated rings. The standard InChI is InChI=1S/C14H25N3O2/c1-4-11-19-13-6-5-7-16-14(13)17(2)10-8-15-9-12-18-3/h5-7,15H,4,8-12H2,1-3H3. The summed E-state index contributed by atoms with van der Waals surface area (Å²) in [5.74, 6) is 1.74. The number of nitrogens with zero attached hydrogens (tertiary/aromatic N) is 2. The molecule has 108 valence electrons. The van der Waals surface area contributed by atoms with Crippen LogP contribution in [0.3, 0.4) is 0 Å². The van der Waals surface area contributed by atoms with Crippen molar-refractivity contribution >= 4 is 5.82 Å². The minimum absolute atomic E-state index is 0.721. The van der Waals surface area contributed by atoms with Crippen molar-refractivity contribution in [3.05, 3.63) is 18.3 Å². The van der Waals surface area contributed by atoms with Gasteiger partial charge in [-0.3, -0.25) is 0 Å². The molecule has 0 amide bonds. The molecule has 1 aromatic rings. The van der Waals surface area contributed by atoms with Crippen molar-refractivity contribution in [3.63, 3.8) is 0 Å². The average Bonchev–Trinajstić information content (AvgIpc) is 2.45. The minimum atomic E-state index is 0.721. The number of pyridine rings is 1. The largest absolute Gasteiger partial charge is 0.490 e. The predicted octanol–water partition coefficient (Wildman–Crippen LogP) is 1.54. The van der Waals surface area contributed by atoms with E-state index in [1.54, 1.807) is 13.3 Å². The second kappa shape index (κ2) is 9.58. The summed E-state index contributed by atoms with van der Waals surface area (Å²) in [7, 11) is 3.73. The second-order valence-corrected chi connectivity index (χ2v) is 4.34. The van der Waals surface area contributed by atoms with Crippen LogP contribution in [-0.2, 0) is 4.74 Å². The van der Waals surface area contributed by atoms with E-state index in [2.05, 4.69) is 22.1 Å². The zero-order valence-corrected chi connectivity index (χ0v) is 12.2. The van der Waals surface area contributed by atoms with Crippen LogP contribution >= 0.6 is 0 Å². The first kappa shape index (κ1) is 15.7. The number of nitrogens with one attached hydrogen (secondary N) is 1. The molecule has 0 bridgehead atoms. The Morgan fingerprint density at radius 1 is 1.32 bits per heavy atom. The van der Waals surface area contributed by atoms with E-state index in [9.17, 15) is 0 Å². The van der Waals surface area contributed by atoms with Gasteiger partial charge in [0.05, 0.1) is 13.2 Å². The van der Waals surface area contributed by atoms with E-state index in [1.165, 1.54) is 0 Å². The van der Waals surface area contributed by atoms with Crippen LogP contribution in [0.1, 0.15) is 13.3 Å². The fourth-order valence-corrected chi connectivity index (χ4v) is 1.65. The summed E-state index contributed by atoms with van der Waals surface area (Å²) in [5, 5.41) is 3.31. The molecule has 0 atom stereocenters. The molecular weight excluding hydrogens is 242 g/mol. The number of methoxy groups -OCH3 is 1. The van der Waals surface area contributed by atoms with Crippen LogP contribution in [0.2, 0.25) is 0 Å². The van der Waals surface area contributed by atoms with Crippen molar-refractivity contribution in [2.24, 2.45) is 0 Å². The van der Waals surface area contributed by atoms with Crippen LogP contribution in [-0.4, -0.2) is 52.0 Å². The summed E-state index contributed by atoms with van der Waals surface area (Å²) in [4.78, 5) is 6.50. The quantitative estimate of drug-likeness (QED) is 0.652.